The summed E-state index contributed by atoms with van der Waals surface area (Å²) in [4.78, 5) is 14.3. The molecule has 1 aromatic rings. The fraction of sp³-hybridized carbons (Fsp3) is 0.533. The van der Waals surface area contributed by atoms with E-state index in [-0.39, 0.29) is 18.0 Å². The van der Waals surface area contributed by atoms with E-state index in [1.54, 1.807) is 0 Å². The van der Waals surface area contributed by atoms with Crippen LogP contribution in [0, 0.1) is 0 Å². The van der Waals surface area contributed by atoms with Gasteiger partial charge in [-0.25, -0.2) is 0 Å². The first-order valence-electron chi connectivity index (χ1n) is 6.80. The van der Waals surface area contributed by atoms with Crippen LogP contribution in [0.15, 0.2) is 30.3 Å². The third kappa shape index (κ3) is 2.65. The van der Waals surface area contributed by atoms with Crippen molar-refractivity contribution in [3.63, 3.8) is 0 Å². The summed E-state index contributed by atoms with van der Waals surface area (Å²) in [5.74, 6) is 0.0698. The minimum atomic E-state index is -0.535. The second-order valence-electron chi connectivity index (χ2n) is 5.72. The van der Waals surface area contributed by atoms with Crippen LogP contribution >= 0.6 is 0 Å². The van der Waals surface area contributed by atoms with Crippen molar-refractivity contribution in [2.75, 3.05) is 13.1 Å². The Morgan fingerprint density at radius 2 is 1.95 bits per heavy atom. The summed E-state index contributed by atoms with van der Waals surface area (Å²) < 4.78 is 0. The molecule has 0 radical (unpaired) electrons. The van der Waals surface area contributed by atoms with Gasteiger partial charge in [0.15, 0.2) is 0 Å². The fourth-order valence-electron chi connectivity index (χ4n) is 2.82. The molecule has 2 atom stereocenters. The average molecular weight is 261 g/mol. The molecule has 4 heteroatoms. The van der Waals surface area contributed by atoms with Crippen LogP contribution in [0.3, 0.4) is 0 Å². The van der Waals surface area contributed by atoms with Crippen molar-refractivity contribution in [2.24, 2.45) is 5.73 Å². The number of carbonyl (C=O) groups excluding carboxylic acids is 1. The molecule has 1 aliphatic heterocycles. The van der Waals surface area contributed by atoms with Crippen molar-refractivity contribution in [1.29, 1.82) is 0 Å². The molecule has 0 bridgehead atoms. The Hall–Kier alpha value is -1.39. The zero-order valence-corrected chi connectivity index (χ0v) is 11.9. The number of nitrogens with one attached hydrogen (secondary N) is 1. The lowest BCUT2D eigenvalue weighted by Gasteiger charge is -2.47. The first kappa shape index (κ1) is 14.0. The molecule has 3 N–H and O–H groups in total. The smallest absolute Gasteiger partial charge is 0.240 e. The second-order valence-corrected chi connectivity index (χ2v) is 5.72. The number of carbonyl (C=O) groups is 1. The van der Waals surface area contributed by atoms with Gasteiger partial charge in [0.2, 0.25) is 5.91 Å². The standard InChI is InChI=1S/C15H23N3O/c1-11(16)13(12-7-5-4-6-8-12)18-10-9-17-14(19)15(18,2)3/h4-8,11,13H,9-10,16H2,1-3H3,(H,17,19). The maximum atomic E-state index is 12.1. The molecule has 1 amide bonds. The first-order chi connectivity index (χ1) is 8.94. The third-order valence-corrected chi connectivity index (χ3v) is 3.89. The van der Waals surface area contributed by atoms with E-state index in [1.165, 1.54) is 5.56 Å². The van der Waals surface area contributed by atoms with Gasteiger partial charge in [0, 0.05) is 19.1 Å². The van der Waals surface area contributed by atoms with Gasteiger partial charge >= 0.3 is 0 Å². The Bertz CT molecular complexity index is 442. The van der Waals surface area contributed by atoms with E-state index in [9.17, 15) is 4.79 Å². The van der Waals surface area contributed by atoms with Crippen molar-refractivity contribution >= 4 is 5.91 Å². The van der Waals surface area contributed by atoms with E-state index in [4.69, 9.17) is 5.73 Å². The number of rotatable bonds is 3. The van der Waals surface area contributed by atoms with Gasteiger partial charge < -0.3 is 11.1 Å². The summed E-state index contributed by atoms with van der Waals surface area (Å²) in [7, 11) is 0. The monoisotopic (exact) mass is 261 g/mol. The molecule has 1 heterocycles. The highest BCUT2D eigenvalue weighted by atomic mass is 16.2. The van der Waals surface area contributed by atoms with Crippen molar-refractivity contribution in [3.05, 3.63) is 35.9 Å². The summed E-state index contributed by atoms with van der Waals surface area (Å²) in [6, 6.07) is 10.2. The van der Waals surface area contributed by atoms with Crippen molar-refractivity contribution in [1.82, 2.24) is 10.2 Å². The van der Waals surface area contributed by atoms with Gasteiger partial charge in [-0.1, -0.05) is 30.3 Å². The van der Waals surface area contributed by atoms with Crippen LogP contribution in [0.2, 0.25) is 0 Å². The predicted octanol–water partition coefficient (Wildman–Crippen LogP) is 1.29. The van der Waals surface area contributed by atoms with Crippen LogP contribution in [0.1, 0.15) is 32.4 Å². The van der Waals surface area contributed by atoms with Crippen molar-refractivity contribution in [3.8, 4) is 0 Å². The van der Waals surface area contributed by atoms with E-state index in [2.05, 4.69) is 22.3 Å². The second kappa shape index (κ2) is 5.31. The van der Waals surface area contributed by atoms with Crippen molar-refractivity contribution in [2.45, 2.75) is 38.4 Å². The number of benzene rings is 1. The van der Waals surface area contributed by atoms with Gasteiger partial charge in [-0.15, -0.1) is 0 Å². The lowest BCUT2D eigenvalue weighted by molar-refractivity contribution is -0.137. The summed E-state index contributed by atoms with van der Waals surface area (Å²) in [6.07, 6.45) is 0. The number of amides is 1. The summed E-state index contributed by atoms with van der Waals surface area (Å²) >= 11 is 0. The summed E-state index contributed by atoms with van der Waals surface area (Å²) in [5, 5.41) is 2.93. The Labute approximate surface area is 115 Å². The third-order valence-electron chi connectivity index (χ3n) is 3.89. The number of hydrogen-bond donors (Lipinski definition) is 2. The highest BCUT2D eigenvalue weighted by molar-refractivity contribution is 5.86. The molecule has 0 saturated carbocycles. The van der Waals surface area contributed by atoms with Crippen LogP contribution in [-0.4, -0.2) is 35.5 Å². The van der Waals surface area contributed by atoms with Crippen LogP contribution < -0.4 is 11.1 Å². The maximum Gasteiger partial charge on any atom is 0.240 e. The Balaban J connectivity index is 2.37. The average Bonchev–Trinajstić information content (AvgIpc) is 2.36. The van der Waals surface area contributed by atoms with E-state index in [0.717, 1.165) is 6.54 Å². The lowest BCUT2D eigenvalue weighted by atomic mass is 9.90. The zero-order valence-electron chi connectivity index (χ0n) is 11.9. The molecule has 104 valence electrons. The zero-order chi connectivity index (χ0) is 14.0. The van der Waals surface area contributed by atoms with Gasteiger partial charge in [-0.05, 0) is 26.3 Å². The van der Waals surface area contributed by atoms with E-state index < -0.39 is 5.54 Å². The first-order valence-corrected chi connectivity index (χ1v) is 6.80. The highest BCUT2D eigenvalue weighted by Gasteiger charge is 2.42. The summed E-state index contributed by atoms with van der Waals surface area (Å²) in [5.41, 5.74) is 6.82. The number of hydrogen-bond acceptors (Lipinski definition) is 3. The quantitative estimate of drug-likeness (QED) is 0.862. The molecule has 0 aliphatic carbocycles. The molecule has 0 spiro atoms. The number of piperazine rings is 1. The molecule has 2 rings (SSSR count). The van der Waals surface area contributed by atoms with Gasteiger partial charge in [0.05, 0.1) is 11.6 Å². The highest BCUT2D eigenvalue weighted by Crippen LogP contribution is 2.31. The Morgan fingerprint density at radius 3 is 2.53 bits per heavy atom. The molecule has 1 aromatic carbocycles. The van der Waals surface area contributed by atoms with Crippen LogP contribution in [-0.2, 0) is 4.79 Å². The lowest BCUT2D eigenvalue weighted by Crippen LogP contribution is -2.64. The molecule has 1 aliphatic rings. The van der Waals surface area contributed by atoms with Gasteiger partial charge in [0.25, 0.3) is 0 Å². The van der Waals surface area contributed by atoms with Crippen LogP contribution in [0.25, 0.3) is 0 Å². The minimum Gasteiger partial charge on any atom is -0.353 e. The van der Waals surface area contributed by atoms with Gasteiger partial charge in [-0.3, -0.25) is 9.69 Å². The molecule has 1 saturated heterocycles. The number of nitrogens with two attached hydrogens (primary N) is 1. The van der Waals surface area contributed by atoms with Crippen LogP contribution in [0.5, 0.6) is 0 Å². The summed E-state index contributed by atoms with van der Waals surface area (Å²) in [6.45, 7) is 7.41. The fourth-order valence-corrected chi connectivity index (χ4v) is 2.82. The molecule has 19 heavy (non-hydrogen) atoms. The van der Waals surface area contributed by atoms with Gasteiger partial charge in [0.1, 0.15) is 0 Å². The number of nitrogens with zero attached hydrogens (tertiary/aromatic N) is 1. The maximum absolute atomic E-state index is 12.1. The molecular formula is C15H23N3O. The molecule has 0 aromatic heterocycles. The molecular weight excluding hydrogens is 238 g/mol. The van der Waals surface area contributed by atoms with E-state index in [0.29, 0.717) is 6.54 Å². The Morgan fingerprint density at radius 1 is 1.32 bits per heavy atom. The van der Waals surface area contributed by atoms with E-state index in [1.807, 2.05) is 39.0 Å². The molecule has 2 unspecified atom stereocenters. The van der Waals surface area contributed by atoms with E-state index >= 15 is 0 Å². The normalized spacial score (nSPS) is 22.6. The van der Waals surface area contributed by atoms with Crippen molar-refractivity contribution < 1.29 is 4.79 Å². The molecule has 4 nitrogen and oxygen atoms in total. The van der Waals surface area contributed by atoms with Gasteiger partial charge in [-0.2, -0.15) is 0 Å². The largest absolute Gasteiger partial charge is 0.353 e. The minimum absolute atomic E-state index is 0.0347. The topological polar surface area (TPSA) is 58.4 Å². The Kier molecular flexibility index (Phi) is 3.92. The predicted molar refractivity (Wildman–Crippen MR) is 76.6 cm³/mol. The molecule has 1 fully saturated rings. The van der Waals surface area contributed by atoms with Crippen LogP contribution in [0.4, 0.5) is 0 Å². The SMILES string of the molecule is CC(N)C(c1ccccc1)N1CCNC(=O)C1(C)C.